The smallest absolute Gasteiger partial charge is 0.289 e. The molecule has 17 heavy (non-hydrogen) atoms. The molecule has 1 fully saturated rings. The molecule has 0 saturated carbocycles. The van der Waals surface area contributed by atoms with Gasteiger partial charge in [0, 0.05) is 12.6 Å². The van der Waals surface area contributed by atoms with Crippen LogP contribution in [-0.4, -0.2) is 29.9 Å². The van der Waals surface area contributed by atoms with Gasteiger partial charge in [-0.15, -0.1) is 0 Å². The fourth-order valence-corrected chi connectivity index (χ4v) is 2.48. The summed E-state index contributed by atoms with van der Waals surface area (Å²) in [6, 6.07) is 3.46. The van der Waals surface area contributed by atoms with Crippen LogP contribution in [-0.2, 0) is 0 Å². The van der Waals surface area contributed by atoms with Crippen LogP contribution in [0.15, 0.2) is 16.5 Å². The van der Waals surface area contributed by atoms with Crippen LogP contribution >= 0.6 is 11.6 Å². The molecule has 2 rings (SSSR count). The van der Waals surface area contributed by atoms with Gasteiger partial charge in [-0.25, -0.2) is 0 Å². The molecule has 2 heterocycles. The van der Waals surface area contributed by atoms with E-state index >= 15 is 0 Å². The minimum absolute atomic E-state index is 0.0740. The van der Waals surface area contributed by atoms with E-state index in [1.807, 2.05) is 4.90 Å². The molecule has 2 N–H and O–H groups in total. The summed E-state index contributed by atoms with van der Waals surface area (Å²) in [7, 11) is 0. The van der Waals surface area contributed by atoms with Crippen LogP contribution in [0.4, 0.5) is 0 Å². The van der Waals surface area contributed by atoms with Crippen molar-refractivity contribution in [2.24, 2.45) is 5.73 Å². The van der Waals surface area contributed by atoms with Gasteiger partial charge in [-0.1, -0.05) is 0 Å². The van der Waals surface area contributed by atoms with E-state index in [-0.39, 0.29) is 17.2 Å². The predicted molar refractivity (Wildman–Crippen MR) is 66.1 cm³/mol. The number of halogens is 1. The first-order chi connectivity index (χ1) is 8.22. The number of furan rings is 1. The van der Waals surface area contributed by atoms with Gasteiger partial charge in [-0.3, -0.25) is 4.79 Å². The zero-order valence-electron chi connectivity index (χ0n) is 9.69. The van der Waals surface area contributed by atoms with Gasteiger partial charge in [0.2, 0.25) is 0 Å². The van der Waals surface area contributed by atoms with Crippen molar-refractivity contribution < 1.29 is 9.21 Å². The van der Waals surface area contributed by atoms with E-state index in [1.54, 1.807) is 12.1 Å². The van der Waals surface area contributed by atoms with Crippen LogP contribution in [0.1, 0.15) is 36.2 Å². The summed E-state index contributed by atoms with van der Waals surface area (Å²) >= 11 is 5.68. The zero-order valence-corrected chi connectivity index (χ0v) is 10.4. The molecule has 1 aromatic rings. The summed E-state index contributed by atoms with van der Waals surface area (Å²) in [5.41, 5.74) is 5.58. The van der Waals surface area contributed by atoms with Crippen molar-refractivity contribution in [3.63, 3.8) is 0 Å². The van der Waals surface area contributed by atoms with Gasteiger partial charge in [-0.05, 0) is 56.0 Å². The van der Waals surface area contributed by atoms with E-state index in [0.29, 0.717) is 12.3 Å². The molecule has 1 unspecified atom stereocenters. The van der Waals surface area contributed by atoms with E-state index in [1.165, 1.54) is 0 Å². The van der Waals surface area contributed by atoms with Crippen LogP contribution < -0.4 is 5.73 Å². The average molecular weight is 257 g/mol. The quantitative estimate of drug-likeness (QED) is 0.903. The number of likely N-dealkylation sites (tertiary alicyclic amines) is 1. The fraction of sp³-hybridized carbons (Fsp3) is 0.583. The molecule has 0 bridgehead atoms. The van der Waals surface area contributed by atoms with E-state index in [9.17, 15) is 4.79 Å². The SMILES string of the molecule is NCCC1CCCCN1C(=O)c1ccc(Cl)o1. The summed E-state index contributed by atoms with van der Waals surface area (Å²) in [5, 5.41) is 0.251. The summed E-state index contributed by atoms with van der Waals surface area (Å²) in [6.07, 6.45) is 4.08. The maximum absolute atomic E-state index is 12.2. The lowest BCUT2D eigenvalue weighted by molar-refractivity contribution is 0.0572. The first kappa shape index (κ1) is 12.5. The van der Waals surface area contributed by atoms with Crippen molar-refractivity contribution in [2.75, 3.05) is 13.1 Å². The van der Waals surface area contributed by atoms with Crippen molar-refractivity contribution >= 4 is 17.5 Å². The van der Waals surface area contributed by atoms with Crippen LogP contribution in [0, 0.1) is 0 Å². The van der Waals surface area contributed by atoms with Crippen LogP contribution in [0.3, 0.4) is 0 Å². The Balaban J connectivity index is 2.10. The molecule has 1 saturated heterocycles. The largest absolute Gasteiger partial charge is 0.440 e. The molecule has 4 nitrogen and oxygen atoms in total. The van der Waals surface area contributed by atoms with Crippen molar-refractivity contribution in [3.8, 4) is 0 Å². The number of nitrogens with zero attached hydrogens (tertiary/aromatic N) is 1. The van der Waals surface area contributed by atoms with Gasteiger partial charge < -0.3 is 15.1 Å². The highest BCUT2D eigenvalue weighted by Crippen LogP contribution is 2.23. The van der Waals surface area contributed by atoms with E-state index in [0.717, 1.165) is 32.2 Å². The van der Waals surface area contributed by atoms with Crippen LogP contribution in [0.25, 0.3) is 0 Å². The Morgan fingerprint density at radius 1 is 1.53 bits per heavy atom. The van der Waals surface area contributed by atoms with Gasteiger partial charge in [0.25, 0.3) is 5.91 Å². The Bertz CT molecular complexity index is 390. The molecule has 1 aliphatic rings. The maximum atomic E-state index is 12.2. The first-order valence-corrected chi connectivity index (χ1v) is 6.36. The molecule has 5 heteroatoms. The molecule has 94 valence electrons. The molecular weight excluding hydrogens is 240 g/mol. The summed E-state index contributed by atoms with van der Waals surface area (Å²) in [4.78, 5) is 14.1. The van der Waals surface area contributed by atoms with Gasteiger partial charge in [0.05, 0.1) is 0 Å². The molecule has 1 atom stereocenters. The Hall–Kier alpha value is -1.00. The summed E-state index contributed by atoms with van der Waals surface area (Å²) < 4.78 is 5.17. The number of piperidine rings is 1. The lowest BCUT2D eigenvalue weighted by Crippen LogP contribution is -2.44. The third-order valence-corrected chi connectivity index (χ3v) is 3.38. The Labute approximate surface area is 106 Å². The molecule has 0 radical (unpaired) electrons. The van der Waals surface area contributed by atoms with E-state index in [4.69, 9.17) is 21.8 Å². The van der Waals surface area contributed by atoms with Gasteiger partial charge in [0.1, 0.15) is 0 Å². The standard InChI is InChI=1S/C12H17ClN2O2/c13-11-5-4-10(17-11)12(16)15-8-2-1-3-9(15)6-7-14/h4-5,9H,1-3,6-8,14H2. The van der Waals surface area contributed by atoms with E-state index in [2.05, 4.69) is 0 Å². The van der Waals surface area contributed by atoms with Crippen molar-refractivity contribution in [1.29, 1.82) is 0 Å². The van der Waals surface area contributed by atoms with Crippen LogP contribution in [0.5, 0.6) is 0 Å². The monoisotopic (exact) mass is 256 g/mol. The number of carbonyl (C=O) groups excluding carboxylic acids is 1. The van der Waals surface area contributed by atoms with Crippen molar-refractivity contribution in [1.82, 2.24) is 4.90 Å². The Morgan fingerprint density at radius 3 is 3.00 bits per heavy atom. The van der Waals surface area contributed by atoms with Crippen molar-refractivity contribution in [3.05, 3.63) is 23.1 Å². The normalized spacial score (nSPS) is 20.6. The molecule has 1 aliphatic heterocycles. The first-order valence-electron chi connectivity index (χ1n) is 5.98. The number of hydrogen-bond acceptors (Lipinski definition) is 3. The second-order valence-electron chi connectivity index (χ2n) is 4.33. The van der Waals surface area contributed by atoms with Gasteiger partial charge >= 0.3 is 0 Å². The second-order valence-corrected chi connectivity index (χ2v) is 4.70. The van der Waals surface area contributed by atoms with E-state index < -0.39 is 0 Å². The third kappa shape index (κ3) is 2.82. The minimum Gasteiger partial charge on any atom is -0.440 e. The highest BCUT2D eigenvalue weighted by Gasteiger charge is 2.28. The van der Waals surface area contributed by atoms with Crippen molar-refractivity contribution in [2.45, 2.75) is 31.7 Å². The molecule has 0 aromatic carbocycles. The Morgan fingerprint density at radius 2 is 2.35 bits per heavy atom. The highest BCUT2D eigenvalue weighted by molar-refractivity contribution is 6.29. The predicted octanol–water partition coefficient (Wildman–Crippen LogP) is 2.28. The number of nitrogens with two attached hydrogens (primary N) is 1. The highest BCUT2D eigenvalue weighted by atomic mass is 35.5. The summed E-state index contributed by atoms with van der Waals surface area (Å²) in [6.45, 7) is 1.38. The summed E-state index contributed by atoms with van der Waals surface area (Å²) in [5.74, 6) is 0.244. The molecule has 0 spiro atoms. The topological polar surface area (TPSA) is 59.5 Å². The Kier molecular flexibility index (Phi) is 4.07. The zero-order chi connectivity index (χ0) is 12.3. The average Bonchev–Trinajstić information content (AvgIpc) is 2.76. The molecule has 1 aromatic heterocycles. The minimum atomic E-state index is -0.0740. The lowest BCUT2D eigenvalue weighted by Gasteiger charge is -2.35. The number of hydrogen-bond donors (Lipinski definition) is 1. The molecule has 1 amide bonds. The number of rotatable bonds is 3. The third-order valence-electron chi connectivity index (χ3n) is 3.17. The van der Waals surface area contributed by atoms with Crippen LogP contribution in [0.2, 0.25) is 5.22 Å². The number of carbonyl (C=O) groups is 1. The van der Waals surface area contributed by atoms with Gasteiger partial charge in [0.15, 0.2) is 11.0 Å². The van der Waals surface area contributed by atoms with Gasteiger partial charge in [-0.2, -0.15) is 0 Å². The fourth-order valence-electron chi connectivity index (χ4n) is 2.33. The molecular formula is C12H17ClN2O2. The lowest BCUT2D eigenvalue weighted by atomic mass is 9.99. The number of amides is 1. The second kappa shape index (κ2) is 5.56. The maximum Gasteiger partial charge on any atom is 0.289 e. The molecule has 0 aliphatic carbocycles.